The van der Waals surface area contributed by atoms with E-state index in [2.05, 4.69) is 44.7 Å². The molecule has 1 aromatic heterocycles. The van der Waals surface area contributed by atoms with Crippen LogP contribution in [0.3, 0.4) is 0 Å². The maximum Gasteiger partial charge on any atom is 0.191 e. The lowest BCUT2D eigenvalue weighted by atomic mass is 10.0. The summed E-state index contributed by atoms with van der Waals surface area (Å²) >= 11 is 0. The van der Waals surface area contributed by atoms with Gasteiger partial charge in [-0.25, -0.2) is 4.99 Å². The summed E-state index contributed by atoms with van der Waals surface area (Å²) in [5.74, 6) is 1.68. The minimum atomic E-state index is 0.294. The third-order valence-electron chi connectivity index (χ3n) is 5.03. The number of guanidine groups is 1. The number of nitrogens with one attached hydrogen (secondary N) is 2. The lowest BCUT2D eigenvalue weighted by Gasteiger charge is -2.35. The molecule has 28 heavy (non-hydrogen) atoms. The van der Waals surface area contributed by atoms with Gasteiger partial charge in [0, 0.05) is 19.2 Å². The summed E-state index contributed by atoms with van der Waals surface area (Å²) in [5, 5.41) is 10.8. The molecule has 0 aliphatic carbocycles. The van der Waals surface area contributed by atoms with Crippen LogP contribution in [0, 0.1) is 0 Å². The second-order valence-electron chi connectivity index (χ2n) is 6.95. The fourth-order valence-electron chi connectivity index (χ4n) is 3.53. The number of aromatic nitrogens is 1. The summed E-state index contributed by atoms with van der Waals surface area (Å²) in [6, 6.07) is 10.5. The molecule has 0 spiro atoms. The monoisotopic (exact) mass is 385 g/mol. The van der Waals surface area contributed by atoms with Crippen molar-refractivity contribution in [2.75, 3.05) is 33.3 Å². The summed E-state index contributed by atoms with van der Waals surface area (Å²) in [7, 11) is 1.70. The first-order chi connectivity index (χ1) is 13.8. The molecular weight excluding hydrogens is 354 g/mol. The highest BCUT2D eigenvalue weighted by Gasteiger charge is 2.22. The first-order valence-electron chi connectivity index (χ1n) is 10.1. The van der Waals surface area contributed by atoms with Crippen molar-refractivity contribution in [3.8, 4) is 5.75 Å². The molecule has 1 atom stereocenters. The maximum atomic E-state index is 5.32. The van der Waals surface area contributed by atoms with E-state index < -0.39 is 0 Å². The average Bonchev–Trinajstić information content (AvgIpc) is 3.27. The molecular formula is C21H31N5O2. The van der Waals surface area contributed by atoms with E-state index in [9.17, 15) is 0 Å². The molecule has 2 N–H and O–H groups in total. The molecule has 152 valence electrons. The quantitative estimate of drug-likeness (QED) is 0.538. The highest BCUT2D eigenvalue weighted by molar-refractivity contribution is 5.79. The Morgan fingerprint density at radius 1 is 1.18 bits per heavy atom. The van der Waals surface area contributed by atoms with E-state index in [1.807, 2.05) is 18.2 Å². The molecule has 0 amide bonds. The summed E-state index contributed by atoms with van der Waals surface area (Å²) in [6.45, 7) is 6.41. The Morgan fingerprint density at radius 2 is 1.96 bits per heavy atom. The molecule has 1 fully saturated rings. The van der Waals surface area contributed by atoms with E-state index in [1.165, 1.54) is 24.8 Å². The molecule has 0 bridgehead atoms. The molecule has 2 heterocycles. The third-order valence-corrected chi connectivity index (χ3v) is 5.03. The minimum Gasteiger partial charge on any atom is -0.497 e. The van der Waals surface area contributed by atoms with Crippen LogP contribution in [0.25, 0.3) is 0 Å². The number of hydrogen-bond acceptors (Lipinski definition) is 5. The van der Waals surface area contributed by atoms with Crippen LogP contribution in [-0.2, 0) is 6.54 Å². The van der Waals surface area contributed by atoms with E-state index in [0.717, 1.165) is 43.6 Å². The normalized spacial score (nSPS) is 16.6. The standard InChI is InChI=1S/C21H31N5O2/c1-3-22-21(23-15-18-11-14-28-25-18)24-16-20(26-12-5-4-6-13-26)17-7-9-19(27-2)10-8-17/h7-11,14,20H,3-6,12-13,15-16H2,1-2H3,(H2,22,23,24). The van der Waals surface area contributed by atoms with Crippen molar-refractivity contribution in [3.05, 3.63) is 47.9 Å². The first kappa shape index (κ1) is 20.2. The number of methoxy groups -OCH3 is 1. The predicted molar refractivity (Wildman–Crippen MR) is 110 cm³/mol. The van der Waals surface area contributed by atoms with Gasteiger partial charge in [-0.15, -0.1) is 0 Å². The molecule has 1 aromatic carbocycles. The number of likely N-dealkylation sites (tertiary alicyclic amines) is 1. The van der Waals surface area contributed by atoms with E-state index in [1.54, 1.807) is 13.4 Å². The van der Waals surface area contributed by atoms with Crippen LogP contribution in [0.2, 0.25) is 0 Å². The SMILES string of the molecule is CCNC(=NCc1ccon1)NCC(c1ccc(OC)cc1)N1CCCCC1. The van der Waals surface area contributed by atoms with Gasteiger partial charge in [-0.1, -0.05) is 23.7 Å². The van der Waals surface area contributed by atoms with Gasteiger partial charge in [-0.2, -0.15) is 0 Å². The zero-order valence-electron chi connectivity index (χ0n) is 16.9. The fraction of sp³-hybridized carbons (Fsp3) is 0.524. The summed E-state index contributed by atoms with van der Waals surface area (Å²) in [5.41, 5.74) is 2.11. The van der Waals surface area contributed by atoms with Gasteiger partial charge < -0.3 is 19.9 Å². The Bertz CT molecular complexity index is 709. The molecule has 3 rings (SSSR count). The lowest BCUT2D eigenvalue weighted by molar-refractivity contribution is 0.164. The third kappa shape index (κ3) is 5.73. The van der Waals surface area contributed by atoms with Crippen molar-refractivity contribution in [1.82, 2.24) is 20.7 Å². The molecule has 7 heteroatoms. The van der Waals surface area contributed by atoms with Gasteiger partial charge in [0.15, 0.2) is 5.96 Å². The number of aliphatic imine (C=N–C) groups is 1. The van der Waals surface area contributed by atoms with Crippen molar-refractivity contribution < 1.29 is 9.26 Å². The van der Waals surface area contributed by atoms with Crippen LogP contribution < -0.4 is 15.4 Å². The number of nitrogens with zero attached hydrogens (tertiary/aromatic N) is 3. The van der Waals surface area contributed by atoms with Gasteiger partial charge in [0.05, 0.1) is 19.7 Å². The van der Waals surface area contributed by atoms with E-state index in [-0.39, 0.29) is 0 Å². The van der Waals surface area contributed by atoms with Crippen molar-refractivity contribution in [2.45, 2.75) is 38.8 Å². The topological polar surface area (TPSA) is 74.9 Å². The van der Waals surface area contributed by atoms with Crippen LogP contribution in [0.1, 0.15) is 43.5 Å². The maximum absolute atomic E-state index is 5.32. The minimum absolute atomic E-state index is 0.294. The summed E-state index contributed by atoms with van der Waals surface area (Å²) in [4.78, 5) is 7.20. The van der Waals surface area contributed by atoms with Crippen molar-refractivity contribution in [2.24, 2.45) is 4.99 Å². The predicted octanol–water partition coefficient (Wildman–Crippen LogP) is 2.97. The number of piperidine rings is 1. The van der Waals surface area contributed by atoms with Crippen molar-refractivity contribution in [1.29, 1.82) is 0 Å². The number of hydrogen-bond donors (Lipinski definition) is 2. The van der Waals surface area contributed by atoms with Gasteiger partial charge in [0.2, 0.25) is 0 Å². The second-order valence-corrected chi connectivity index (χ2v) is 6.95. The molecule has 0 radical (unpaired) electrons. The summed E-state index contributed by atoms with van der Waals surface area (Å²) < 4.78 is 10.2. The molecule has 0 saturated carbocycles. The Hall–Kier alpha value is -2.54. The van der Waals surface area contributed by atoms with E-state index >= 15 is 0 Å². The Balaban J connectivity index is 1.70. The van der Waals surface area contributed by atoms with E-state index in [0.29, 0.717) is 12.6 Å². The Morgan fingerprint density at radius 3 is 2.61 bits per heavy atom. The molecule has 1 unspecified atom stereocenters. The highest BCUT2D eigenvalue weighted by atomic mass is 16.5. The van der Waals surface area contributed by atoms with Crippen molar-refractivity contribution >= 4 is 5.96 Å². The van der Waals surface area contributed by atoms with Gasteiger partial charge in [-0.05, 0) is 50.6 Å². The molecule has 1 aliphatic heterocycles. The van der Waals surface area contributed by atoms with Crippen LogP contribution in [-0.4, -0.2) is 49.3 Å². The largest absolute Gasteiger partial charge is 0.497 e. The van der Waals surface area contributed by atoms with Gasteiger partial charge >= 0.3 is 0 Å². The molecule has 2 aromatic rings. The van der Waals surface area contributed by atoms with Gasteiger partial charge in [-0.3, -0.25) is 4.90 Å². The highest BCUT2D eigenvalue weighted by Crippen LogP contribution is 2.25. The average molecular weight is 386 g/mol. The smallest absolute Gasteiger partial charge is 0.191 e. The van der Waals surface area contributed by atoms with Gasteiger partial charge in [0.1, 0.15) is 17.7 Å². The number of ether oxygens (including phenoxy) is 1. The number of rotatable bonds is 8. The Kier molecular flexibility index (Phi) is 7.72. The van der Waals surface area contributed by atoms with Crippen LogP contribution in [0.4, 0.5) is 0 Å². The van der Waals surface area contributed by atoms with E-state index in [4.69, 9.17) is 9.26 Å². The first-order valence-corrected chi connectivity index (χ1v) is 10.1. The molecule has 1 aliphatic rings. The zero-order chi connectivity index (χ0) is 19.6. The lowest BCUT2D eigenvalue weighted by Crippen LogP contribution is -2.44. The van der Waals surface area contributed by atoms with Crippen LogP contribution in [0.15, 0.2) is 46.1 Å². The second kappa shape index (κ2) is 10.7. The Labute approximate surface area is 167 Å². The fourth-order valence-corrected chi connectivity index (χ4v) is 3.53. The summed E-state index contributed by atoms with van der Waals surface area (Å²) in [6.07, 6.45) is 5.41. The number of benzene rings is 1. The molecule has 1 saturated heterocycles. The van der Waals surface area contributed by atoms with Crippen LogP contribution in [0.5, 0.6) is 5.75 Å². The van der Waals surface area contributed by atoms with Gasteiger partial charge in [0.25, 0.3) is 0 Å². The molecule has 7 nitrogen and oxygen atoms in total. The zero-order valence-corrected chi connectivity index (χ0v) is 16.9. The van der Waals surface area contributed by atoms with Crippen LogP contribution >= 0.6 is 0 Å². The van der Waals surface area contributed by atoms with Crippen molar-refractivity contribution in [3.63, 3.8) is 0 Å².